The fourth-order valence-electron chi connectivity index (χ4n) is 1.64. The molecule has 0 amide bonds. The highest BCUT2D eigenvalue weighted by Gasteiger charge is 2.10. The maximum absolute atomic E-state index is 5.76. The Labute approximate surface area is 104 Å². The third-order valence-electron chi connectivity index (χ3n) is 2.52. The molecule has 0 bridgehead atoms. The van der Waals surface area contributed by atoms with Crippen LogP contribution in [0.5, 0.6) is 0 Å². The quantitative estimate of drug-likeness (QED) is 0.898. The maximum atomic E-state index is 5.76. The highest BCUT2D eigenvalue weighted by molar-refractivity contribution is 7.09. The van der Waals surface area contributed by atoms with E-state index < -0.39 is 0 Å². The van der Waals surface area contributed by atoms with Crippen LogP contribution in [0.3, 0.4) is 0 Å². The van der Waals surface area contributed by atoms with Crippen LogP contribution < -0.4 is 10.6 Å². The lowest BCUT2D eigenvalue weighted by atomic mass is 10.3. The standard InChI is InChI=1S/C11H15N5S/c1-7-10(12)13-6-14-11(7)16(3)4-9-5-17-8(2)15-9/h5-6H,4H2,1-3H3,(H2,12,13,14). The second-order valence-electron chi connectivity index (χ2n) is 3.92. The predicted octanol–water partition coefficient (Wildman–Crippen LogP) is 1.77. The average Bonchev–Trinajstić information content (AvgIpc) is 2.68. The number of anilines is 2. The summed E-state index contributed by atoms with van der Waals surface area (Å²) in [5, 5.41) is 3.14. The minimum atomic E-state index is 0.524. The molecule has 2 aromatic heterocycles. The van der Waals surface area contributed by atoms with E-state index in [1.807, 2.05) is 25.8 Å². The van der Waals surface area contributed by atoms with Gasteiger partial charge in [0, 0.05) is 18.0 Å². The fourth-order valence-corrected chi connectivity index (χ4v) is 2.24. The summed E-state index contributed by atoms with van der Waals surface area (Å²) in [5.74, 6) is 1.37. The number of aryl methyl sites for hydroxylation is 1. The summed E-state index contributed by atoms with van der Waals surface area (Å²) >= 11 is 1.65. The summed E-state index contributed by atoms with van der Waals surface area (Å²) < 4.78 is 0. The Morgan fingerprint density at radius 1 is 1.35 bits per heavy atom. The van der Waals surface area contributed by atoms with Gasteiger partial charge in [0.2, 0.25) is 0 Å². The van der Waals surface area contributed by atoms with E-state index in [1.54, 1.807) is 11.3 Å². The molecule has 2 aromatic rings. The molecule has 6 heteroatoms. The lowest BCUT2D eigenvalue weighted by Crippen LogP contribution is -2.19. The topological polar surface area (TPSA) is 67.9 Å². The summed E-state index contributed by atoms with van der Waals surface area (Å²) in [7, 11) is 1.98. The summed E-state index contributed by atoms with van der Waals surface area (Å²) in [6, 6.07) is 0. The molecule has 2 N–H and O–H groups in total. The lowest BCUT2D eigenvalue weighted by molar-refractivity contribution is 0.859. The van der Waals surface area contributed by atoms with Crippen molar-refractivity contribution in [2.24, 2.45) is 0 Å². The van der Waals surface area contributed by atoms with Crippen LogP contribution in [0.15, 0.2) is 11.7 Å². The number of hydrogen-bond acceptors (Lipinski definition) is 6. The first-order valence-electron chi connectivity index (χ1n) is 5.27. The zero-order valence-electron chi connectivity index (χ0n) is 10.1. The normalized spacial score (nSPS) is 10.5. The van der Waals surface area contributed by atoms with Gasteiger partial charge in [0.05, 0.1) is 17.2 Å². The van der Waals surface area contributed by atoms with Crippen molar-refractivity contribution in [3.63, 3.8) is 0 Å². The molecule has 0 unspecified atom stereocenters. The first-order chi connectivity index (χ1) is 8.08. The van der Waals surface area contributed by atoms with E-state index in [1.165, 1.54) is 6.33 Å². The van der Waals surface area contributed by atoms with Crippen LogP contribution >= 0.6 is 11.3 Å². The minimum Gasteiger partial charge on any atom is -0.383 e. The molecule has 0 aliphatic carbocycles. The molecule has 0 fully saturated rings. The molecule has 0 saturated heterocycles. The summed E-state index contributed by atoms with van der Waals surface area (Å²) in [4.78, 5) is 14.7. The van der Waals surface area contributed by atoms with E-state index in [0.717, 1.165) is 28.6 Å². The van der Waals surface area contributed by atoms with E-state index >= 15 is 0 Å². The Balaban J connectivity index is 2.20. The smallest absolute Gasteiger partial charge is 0.137 e. The molecule has 0 spiro atoms. The Kier molecular flexibility index (Phi) is 3.23. The maximum Gasteiger partial charge on any atom is 0.137 e. The van der Waals surface area contributed by atoms with Gasteiger partial charge in [-0.3, -0.25) is 0 Å². The monoisotopic (exact) mass is 249 g/mol. The molecule has 90 valence electrons. The molecule has 2 heterocycles. The van der Waals surface area contributed by atoms with Gasteiger partial charge in [-0.05, 0) is 13.8 Å². The van der Waals surface area contributed by atoms with Crippen molar-refractivity contribution >= 4 is 23.0 Å². The second-order valence-corrected chi connectivity index (χ2v) is 4.98. The summed E-state index contributed by atoms with van der Waals surface area (Å²) in [5.41, 5.74) is 7.72. The fraction of sp³-hybridized carbons (Fsp3) is 0.364. The van der Waals surface area contributed by atoms with E-state index in [-0.39, 0.29) is 0 Å². The van der Waals surface area contributed by atoms with E-state index in [0.29, 0.717) is 5.82 Å². The van der Waals surface area contributed by atoms with Gasteiger partial charge in [-0.25, -0.2) is 15.0 Å². The van der Waals surface area contributed by atoms with Crippen LogP contribution in [-0.4, -0.2) is 22.0 Å². The van der Waals surface area contributed by atoms with E-state index in [2.05, 4.69) is 20.3 Å². The Morgan fingerprint density at radius 3 is 2.76 bits per heavy atom. The predicted molar refractivity (Wildman–Crippen MR) is 70.1 cm³/mol. The highest BCUT2D eigenvalue weighted by Crippen LogP contribution is 2.20. The van der Waals surface area contributed by atoms with Gasteiger partial charge in [-0.2, -0.15) is 0 Å². The van der Waals surface area contributed by atoms with Crippen LogP contribution in [0.25, 0.3) is 0 Å². The Hall–Kier alpha value is -1.69. The zero-order chi connectivity index (χ0) is 12.4. The minimum absolute atomic E-state index is 0.524. The molecule has 0 radical (unpaired) electrons. The molecule has 17 heavy (non-hydrogen) atoms. The van der Waals surface area contributed by atoms with Crippen molar-refractivity contribution in [3.05, 3.63) is 28.0 Å². The van der Waals surface area contributed by atoms with Crippen molar-refractivity contribution in [2.75, 3.05) is 17.7 Å². The van der Waals surface area contributed by atoms with Gasteiger partial charge in [0.15, 0.2) is 0 Å². The second kappa shape index (κ2) is 4.67. The zero-order valence-corrected chi connectivity index (χ0v) is 11.0. The molecule has 0 saturated carbocycles. The van der Waals surface area contributed by atoms with Gasteiger partial charge < -0.3 is 10.6 Å². The highest BCUT2D eigenvalue weighted by atomic mass is 32.1. The van der Waals surface area contributed by atoms with Crippen molar-refractivity contribution in [1.82, 2.24) is 15.0 Å². The molecule has 5 nitrogen and oxygen atoms in total. The molecule has 0 atom stereocenters. The third-order valence-corrected chi connectivity index (χ3v) is 3.35. The van der Waals surface area contributed by atoms with E-state index in [9.17, 15) is 0 Å². The van der Waals surface area contributed by atoms with Gasteiger partial charge in [-0.1, -0.05) is 0 Å². The number of rotatable bonds is 3. The van der Waals surface area contributed by atoms with Crippen LogP contribution in [0.2, 0.25) is 0 Å². The van der Waals surface area contributed by atoms with Crippen LogP contribution in [0.4, 0.5) is 11.6 Å². The first kappa shape index (κ1) is 11.8. The summed E-state index contributed by atoms with van der Waals surface area (Å²) in [6.45, 7) is 4.65. The number of nitrogen functional groups attached to an aromatic ring is 1. The Bertz CT molecular complexity index is 522. The summed E-state index contributed by atoms with van der Waals surface area (Å²) in [6.07, 6.45) is 1.49. The number of nitrogens with zero attached hydrogens (tertiary/aromatic N) is 4. The first-order valence-corrected chi connectivity index (χ1v) is 6.15. The SMILES string of the molecule is Cc1nc(CN(C)c2ncnc(N)c2C)cs1. The number of thiazole rings is 1. The van der Waals surface area contributed by atoms with Gasteiger partial charge in [0.1, 0.15) is 18.0 Å². The van der Waals surface area contributed by atoms with Crippen LogP contribution in [0, 0.1) is 13.8 Å². The van der Waals surface area contributed by atoms with Gasteiger partial charge in [0.25, 0.3) is 0 Å². The Morgan fingerprint density at radius 2 is 2.12 bits per heavy atom. The lowest BCUT2D eigenvalue weighted by Gasteiger charge is -2.19. The van der Waals surface area contributed by atoms with Crippen molar-refractivity contribution in [1.29, 1.82) is 0 Å². The molecule has 0 aliphatic rings. The average molecular weight is 249 g/mol. The molecular formula is C11H15N5S. The van der Waals surface area contributed by atoms with Gasteiger partial charge in [-0.15, -0.1) is 11.3 Å². The number of nitrogens with two attached hydrogens (primary N) is 1. The third kappa shape index (κ3) is 2.52. The number of hydrogen-bond donors (Lipinski definition) is 1. The van der Waals surface area contributed by atoms with Crippen LogP contribution in [0.1, 0.15) is 16.3 Å². The van der Waals surface area contributed by atoms with Crippen molar-refractivity contribution in [3.8, 4) is 0 Å². The molecular weight excluding hydrogens is 234 g/mol. The molecule has 0 aliphatic heterocycles. The largest absolute Gasteiger partial charge is 0.383 e. The van der Waals surface area contributed by atoms with Gasteiger partial charge >= 0.3 is 0 Å². The number of aromatic nitrogens is 3. The van der Waals surface area contributed by atoms with Crippen molar-refractivity contribution < 1.29 is 0 Å². The molecule has 0 aromatic carbocycles. The van der Waals surface area contributed by atoms with E-state index in [4.69, 9.17) is 5.73 Å². The molecule has 2 rings (SSSR count). The van der Waals surface area contributed by atoms with Crippen LogP contribution in [-0.2, 0) is 6.54 Å². The van der Waals surface area contributed by atoms with Crippen molar-refractivity contribution in [2.45, 2.75) is 20.4 Å².